The van der Waals surface area contributed by atoms with Crippen LogP contribution in [-0.4, -0.2) is 48.8 Å². The molecule has 3 fully saturated rings. The summed E-state index contributed by atoms with van der Waals surface area (Å²) in [6.07, 6.45) is 10.2. The fourth-order valence-corrected chi connectivity index (χ4v) is 4.53. The summed E-state index contributed by atoms with van der Waals surface area (Å²) in [6, 6.07) is 1.95. The molecular weight excluding hydrogens is 248 g/mol. The van der Waals surface area contributed by atoms with Crippen molar-refractivity contribution >= 4 is 0 Å². The lowest BCUT2D eigenvalue weighted by molar-refractivity contribution is -0.00777. The fourth-order valence-electron chi connectivity index (χ4n) is 4.53. The monoisotopic (exact) mass is 280 g/mol. The van der Waals surface area contributed by atoms with Gasteiger partial charge in [0.15, 0.2) is 0 Å². The van der Waals surface area contributed by atoms with Gasteiger partial charge in [-0.05, 0) is 45.4 Å². The summed E-state index contributed by atoms with van der Waals surface area (Å²) in [5.74, 6) is 0.912. The van der Waals surface area contributed by atoms with Crippen molar-refractivity contribution in [1.29, 1.82) is 0 Å². The lowest BCUT2D eigenvalue weighted by atomic mass is 9.82. The molecule has 4 atom stereocenters. The second kappa shape index (κ2) is 6.76. The molecule has 0 aromatic rings. The fraction of sp³-hybridized carbons (Fsp3) is 1.00. The highest BCUT2D eigenvalue weighted by atomic mass is 16.5. The van der Waals surface area contributed by atoms with E-state index in [1.54, 1.807) is 0 Å². The number of piperazine rings is 1. The van der Waals surface area contributed by atoms with Crippen LogP contribution in [0.3, 0.4) is 0 Å². The second-order valence-electron chi connectivity index (χ2n) is 7.25. The molecule has 20 heavy (non-hydrogen) atoms. The Morgan fingerprint density at radius 1 is 1.10 bits per heavy atom. The van der Waals surface area contributed by atoms with Crippen molar-refractivity contribution in [1.82, 2.24) is 10.2 Å². The number of nitrogens with one attached hydrogen (secondary N) is 1. The molecule has 3 rings (SSSR count). The number of hydrogen-bond acceptors (Lipinski definition) is 3. The molecule has 3 nitrogen and oxygen atoms in total. The van der Waals surface area contributed by atoms with Gasteiger partial charge in [0, 0.05) is 37.8 Å². The number of rotatable bonds is 3. The Hall–Kier alpha value is -0.120. The smallest absolute Gasteiger partial charge is 0.0728 e. The van der Waals surface area contributed by atoms with E-state index >= 15 is 0 Å². The standard InChI is InChI=1S/C17H32N2O/c1-13-11-18-16(15-7-4-3-5-8-15)12-19(13)14(2)17-9-6-10-20-17/h13-18H,3-12H2,1-2H3. The summed E-state index contributed by atoms with van der Waals surface area (Å²) in [6.45, 7) is 8.11. The van der Waals surface area contributed by atoms with Gasteiger partial charge in [0.2, 0.25) is 0 Å². The Labute approximate surface area is 124 Å². The Bertz CT molecular complexity index is 297. The SMILES string of the molecule is CC1CNC(C2CCCCC2)CN1C(C)C1CCCO1. The molecule has 3 aliphatic rings. The minimum Gasteiger partial charge on any atom is -0.377 e. The third kappa shape index (κ3) is 3.20. The van der Waals surface area contributed by atoms with Crippen LogP contribution in [0.25, 0.3) is 0 Å². The van der Waals surface area contributed by atoms with Crippen LogP contribution in [-0.2, 0) is 4.74 Å². The molecule has 2 aliphatic heterocycles. The zero-order valence-corrected chi connectivity index (χ0v) is 13.3. The summed E-state index contributed by atoms with van der Waals surface area (Å²) in [4.78, 5) is 2.73. The Balaban J connectivity index is 1.60. The van der Waals surface area contributed by atoms with E-state index in [1.165, 1.54) is 51.5 Å². The van der Waals surface area contributed by atoms with E-state index in [0.29, 0.717) is 18.2 Å². The molecule has 0 radical (unpaired) electrons. The molecule has 0 spiro atoms. The lowest BCUT2D eigenvalue weighted by Crippen LogP contribution is -2.61. The van der Waals surface area contributed by atoms with Crippen LogP contribution < -0.4 is 5.32 Å². The molecule has 4 unspecified atom stereocenters. The number of nitrogens with zero attached hydrogens (tertiary/aromatic N) is 1. The average molecular weight is 280 g/mol. The highest BCUT2D eigenvalue weighted by Gasteiger charge is 2.36. The summed E-state index contributed by atoms with van der Waals surface area (Å²) >= 11 is 0. The van der Waals surface area contributed by atoms with Gasteiger partial charge in [-0.25, -0.2) is 0 Å². The van der Waals surface area contributed by atoms with Gasteiger partial charge >= 0.3 is 0 Å². The van der Waals surface area contributed by atoms with Crippen LogP contribution >= 0.6 is 0 Å². The van der Waals surface area contributed by atoms with Gasteiger partial charge in [-0.1, -0.05) is 19.3 Å². The van der Waals surface area contributed by atoms with Gasteiger partial charge in [0.25, 0.3) is 0 Å². The lowest BCUT2D eigenvalue weighted by Gasteiger charge is -2.46. The summed E-state index contributed by atoms with van der Waals surface area (Å²) in [5.41, 5.74) is 0. The highest BCUT2D eigenvalue weighted by Crippen LogP contribution is 2.30. The molecule has 1 N–H and O–H groups in total. The van der Waals surface area contributed by atoms with Crippen LogP contribution in [0.2, 0.25) is 0 Å². The summed E-state index contributed by atoms with van der Waals surface area (Å²) in [7, 11) is 0. The first-order valence-corrected chi connectivity index (χ1v) is 8.86. The minimum atomic E-state index is 0.475. The van der Waals surface area contributed by atoms with E-state index < -0.39 is 0 Å². The predicted octanol–water partition coefficient (Wildman–Crippen LogP) is 2.80. The van der Waals surface area contributed by atoms with Crippen LogP contribution in [0.1, 0.15) is 58.8 Å². The first-order chi connectivity index (χ1) is 9.75. The van der Waals surface area contributed by atoms with Crippen molar-refractivity contribution in [3.05, 3.63) is 0 Å². The number of hydrogen-bond donors (Lipinski definition) is 1. The first-order valence-electron chi connectivity index (χ1n) is 8.86. The first kappa shape index (κ1) is 14.8. The van der Waals surface area contributed by atoms with Crippen molar-refractivity contribution in [3.63, 3.8) is 0 Å². The Morgan fingerprint density at radius 2 is 1.90 bits per heavy atom. The van der Waals surface area contributed by atoms with E-state index in [0.717, 1.165) is 25.1 Å². The van der Waals surface area contributed by atoms with Crippen molar-refractivity contribution in [2.45, 2.75) is 83.0 Å². The largest absolute Gasteiger partial charge is 0.377 e. The third-order valence-corrected chi connectivity index (χ3v) is 5.89. The van der Waals surface area contributed by atoms with Gasteiger partial charge in [-0.3, -0.25) is 4.90 Å². The van der Waals surface area contributed by atoms with Crippen molar-refractivity contribution in [3.8, 4) is 0 Å². The van der Waals surface area contributed by atoms with Crippen molar-refractivity contribution < 1.29 is 4.74 Å². The second-order valence-corrected chi connectivity index (χ2v) is 7.25. The quantitative estimate of drug-likeness (QED) is 0.860. The topological polar surface area (TPSA) is 24.5 Å². The average Bonchev–Trinajstić information content (AvgIpc) is 3.02. The van der Waals surface area contributed by atoms with Gasteiger partial charge in [-0.15, -0.1) is 0 Å². The molecular formula is C17H32N2O. The van der Waals surface area contributed by atoms with Gasteiger partial charge in [-0.2, -0.15) is 0 Å². The third-order valence-electron chi connectivity index (χ3n) is 5.89. The van der Waals surface area contributed by atoms with Gasteiger partial charge in [0.05, 0.1) is 6.10 Å². The molecule has 0 aromatic carbocycles. The Kier molecular flexibility index (Phi) is 5.00. The molecule has 2 saturated heterocycles. The van der Waals surface area contributed by atoms with E-state index in [9.17, 15) is 0 Å². The molecule has 0 aromatic heterocycles. The molecule has 0 amide bonds. The number of ether oxygens (including phenoxy) is 1. The van der Waals surface area contributed by atoms with E-state index in [1.807, 2.05) is 0 Å². The maximum atomic E-state index is 5.93. The van der Waals surface area contributed by atoms with Crippen molar-refractivity contribution in [2.24, 2.45) is 5.92 Å². The minimum absolute atomic E-state index is 0.475. The molecule has 2 heterocycles. The maximum Gasteiger partial charge on any atom is 0.0728 e. The van der Waals surface area contributed by atoms with E-state index in [-0.39, 0.29) is 0 Å². The Morgan fingerprint density at radius 3 is 2.60 bits per heavy atom. The zero-order chi connectivity index (χ0) is 13.9. The van der Waals surface area contributed by atoms with Crippen molar-refractivity contribution in [2.75, 3.05) is 19.7 Å². The molecule has 3 heteroatoms. The van der Waals surface area contributed by atoms with Crippen LogP contribution in [0.15, 0.2) is 0 Å². The van der Waals surface area contributed by atoms with Gasteiger partial charge < -0.3 is 10.1 Å². The van der Waals surface area contributed by atoms with E-state index in [4.69, 9.17) is 4.74 Å². The van der Waals surface area contributed by atoms with Crippen LogP contribution in [0.5, 0.6) is 0 Å². The van der Waals surface area contributed by atoms with Gasteiger partial charge in [0.1, 0.15) is 0 Å². The predicted molar refractivity (Wildman–Crippen MR) is 83.0 cm³/mol. The molecule has 1 saturated carbocycles. The summed E-state index contributed by atoms with van der Waals surface area (Å²) < 4.78 is 5.93. The highest BCUT2D eigenvalue weighted by molar-refractivity contribution is 4.93. The zero-order valence-electron chi connectivity index (χ0n) is 13.3. The molecule has 1 aliphatic carbocycles. The summed E-state index contributed by atoms with van der Waals surface area (Å²) in [5, 5.41) is 3.83. The van der Waals surface area contributed by atoms with Crippen LogP contribution in [0.4, 0.5) is 0 Å². The normalized spacial score (nSPS) is 39.0. The van der Waals surface area contributed by atoms with E-state index in [2.05, 4.69) is 24.1 Å². The molecule has 116 valence electrons. The molecule has 0 bridgehead atoms. The maximum absolute atomic E-state index is 5.93. The van der Waals surface area contributed by atoms with Crippen LogP contribution in [0, 0.1) is 5.92 Å².